The number of benzene rings is 1. The number of ether oxygens (including phenoxy) is 1. The van der Waals surface area contributed by atoms with Crippen LogP contribution in [-0.2, 0) is 14.8 Å². The Morgan fingerprint density at radius 3 is 2.37 bits per heavy atom. The zero-order valence-corrected chi connectivity index (χ0v) is 17.7. The predicted octanol–water partition coefficient (Wildman–Crippen LogP) is 2.28. The molecule has 168 valence electrons. The summed E-state index contributed by atoms with van der Waals surface area (Å²) in [6.45, 7) is 0.707. The predicted molar refractivity (Wildman–Crippen MR) is 106 cm³/mol. The first-order valence-corrected chi connectivity index (χ1v) is 12.2. The van der Waals surface area contributed by atoms with Gasteiger partial charge >= 0.3 is 6.36 Å². The number of thioether (sulfide) groups is 1. The number of hydrogen-bond acceptors (Lipinski definition) is 6. The fraction of sp³-hybridized carbons (Fsp3) is 0.611. The minimum absolute atomic E-state index is 0.00246. The molecule has 1 saturated heterocycles. The zero-order valence-electron chi connectivity index (χ0n) is 16.1. The van der Waals surface area contributed by atoms with Gasteiger partial charge in [0.25, 0.3) is 0 Å². The smallest absolute Gasteiger partial charge is 0.406 e. The summed E-state index contributed by atoms with van der Waals surface area (Å²) >= 11 is 1.69. The number of amides is 1. The summed E-state index contributed by atoms with van der Waals surface area (Å²) in [6, 6.07) is 3.15. The van der Waals surface area contributed by atoms with Gasteiger partial charge in [0.05, 0.1) is 16.8 Å². The third-order valence-corrected chi connectivity index (χ3v) is 7.82. The van der Waals surface area contributed by atoms with Crippen LogP contribution in [0.15, 0.2) is 29.2 Å². The molecule has 0 unspecified atom stereocenters. The normalized spacial score (nSPS) is 23.9. The van der Waals surface area contributed by atoms with Gasteiger partial charge in [-0.2, -0.15) is 0 Å². The summed E-state index contributed by atoms with van der Waals surface area (Å²) in [5, 5.41) is 0. The van der Waals surface area contributed by atoms with Crippen LogP contribution in [0.2, 0.25) is 0 Å². The van der Waals surface area contributed by atoms with Crippen LogP contribution in [0, 0.1) is 5.92 Å². The summed E-state index contributed by atoms with van der Waals surface area (Å²) in [6.07, 6.45) is -2.52. The van der Waals surface area contributed by atoms with E-state index in [0.717, 1.165) is 30.0 Å². The van der Waals surface area contributed by atoms with Crippen molar-refractivity contribution in [3.63, 3.8) is 0 Å². The molecule has 7 nitrogen and oxygen atoms in total. The number of sulfonamides is 1. The molecule has 0 aromatic heterocycles. The summed E-state index contributed by atoms with van der Waals surface area (Å²) in [5.41, 5.74) is 6.16. The van der Waals surface area contributed by atoms with Gasteiger partial charge in [-0.15, -0.1) is 24.9 Å². The monoisotopic (exact) mass is 467 g/mol. The SMILES string of the molecule is N[C@H](C(=O)N1CCSC1)C1CCC(NS(=O)(=O)c2ccc(OC(F)(F)F)cc2)CC1. The second-order valence-electron chi connectivity index (χ2n) is 7.42. The van der Waals surface area contributed by atoms with E-state index in [1.807, 2.05) is 0 Å². The van der Waals surface area contributed by atoms with Crippen LogP contribution in [0.3, 0.4) is 0 Å². The number of halogens is 3. The molecule has 1 aromatic rings. The molecule has 1 aromatic carbocycles. The van der Waals surface area contributed by atoms with Gasteiger partial charge in [0.2, 0.25) is 15.9 Å². The van der Waals surface area contributed by atoms with Crippen LogP contribution in [0.4, 0.5) is 13.2 Å². The Hall–Kier alpha value is -1.50. The second kappa shape index (κ2) is 9.33. The highest BCUT2D eigenvalue weighted by molar-refractivity contribution is 7.99. The van der Waals surface area contributed by atoms with Crippen LogP contribution in [0.25, 0.3) is 0 Å². The number of carbonyl (C=O) groups excluding carboxylic acids is 1. The highest BCUT2D eigenvalue weighted by Gasteiger charge is 2.34. The number of nitrogens with zero attached hydrogens (tertiary/aromatic N) is 1. The summed E-state index contributed by atoms with van der Waals surface area (Å²) in [7, 11) is -3.88. The molecule has 1 atom stereocenters. The Morgan fingerprint density at radius 2 is 1.83 bits per heavy atom. The largest absolute Gasteiger partial charge is 0.573 e. The molecule has 1 saturated carbocycles. The molecule has 0 radical (unpaired) electrons. The van der Waals surface area contributed by atoms with Crippen molar-refractivity contribution in [1.82, 2.24) is 9.62 Å². The van der Waals surface area contributed by atoms with Gasteiger partial charge < -0.3 is 15.4 Å². The molecule has 2 aliphatic rings. The van der Waals surface area contributed by atoms with Crippen LogP contribution >= 0.6 is 11.8 Å². The van der Waals surface area contributed by atoms with E-state index in [9.17, 15) is 26.4 Å². The molecule has 3 rings (SSSR count). The lowest BCUT2D eigenvalue weighted by Gasteiger charge is -2.33. The number of alkyl halides is 3. The van der Waals surface area contributed by atoms with Crippen molar-refractivity contribution in [3.05, 3.63) is 24.3 Å². The van der Waals surface area contributed by atoms with Gasteiger partial charge in [-0.25, -0.2) is 13.1 Å². The van der Waals surface area contributed by atoms with Crippen molar-refractivity contribution in [3.8, 4) is 5.75 Å². The molecule has 3 N–H and O–H groups in total. The van der Waals surface area contributed by atoms with Crippen molar-refractivity contribution in [2.75, 3.05) is 18.2 Å². The van der Waals surface area contributed by atoms with E-state index in [0.29, 0.717) is 38.1 Å². The number of rotatable bonds is 6. The molecular formula is C18H24F3N3O4S2. The van der Waals surface area contributed by atoms with Crippen LogP contribution in [0.1, 0.15) is 25.7 Å². The second-order valence-corrected chi connectivity index (χ2v) is 10.2. The van der Waals surface area contributed by atoms with Gasteiger partial charge in [-0.3, -0.25) is 4.79 Å². The maximum Gasteiger partial charge on any atom is 0.573 e. The Morgan fingerprint density at radius 1 is 1.20 bits per heavy atom. The molecule has 1 aliphatic heterocycles. The van der Waals surface area contributed by atoms with E-state index in [1.54, 1.807) is 16.7 Å². The van der Waals surface area contributed by atoms with Gasteiger partial charge in [0.1, 0.15) is 5.75 Å². The van der Waals surface area contributed by atoms with E-state index in [1.165, 1.54) is 0 Å². The molecule has 12 heteroatoms. The molecule has 1 aliphatic carbocycles. The molecule has 2 fully saturated rings. The lowest BCUT2D eigenvalue weighted by atomic mass is 9.81. The van der Waals surface area contributed by atoms with E-state index < -0.39 is 28.2 Å². The first-order valence-electron chi connectivity index (χ1n) is 9.55. The molecule has 1 amide bonds. The van der Waals surface area contributed by atoms with Gasteiger partial charge in [0, 0.05) is 18.3 Å². The number of nitrogens with one attached hydrogen (secondary N) is 1. The third-order valence-electron chi connectivity index (χ3n) is 5.32. The van der Waals surface area contributed by atoms with E-state index in [-0.39, 0.29) is 22.8 Å². The quantitative estimate of drug-likeness (QED) is 0.666. The average molecular weight is 468 g/mol. The Labute approximate surface area is 177 Å². The lowest BCUT2D eigenvalue weighted by molar-refractivity contribution is -0.274. The van der Waals surface area contributed by atoms with Crippen molar-refractivity contribution >= 4 is 27.7 Å². The number of hydrogen-bond donors (Lipinski definition) is 2. The third kappa shape index (κ3) is 6.02. The first-order chi connectivity index (χ1) is 14.0. The number of carbonyl (C=O) groups is 1. The summed E-state index contributed by atoms with van der Waals surface area (Å²) in [5.74, 6) is 1.04. The van der Waals surface area contributed by atoms with Crippen molar-refractivity contribution in [1.29, 1.82) is 0 Å². The van der Waals surface area contributed by atoms with Crippen molar-refractivity contribution < 1.29 is 31.1 Å². The molecular weight excluding hydrogens is 443 g/mol. The van der Waals surface area contributed by atoms with Gasteiger partial charge in [0.15, 0.2) is 0 Å². The van der Waals surface area contributed by atoms with Crippen LogP contribution in [0.5, 0.6) is 5.75 Å². The Kier molecular flexibility index (Phi) is 7.20. The molecule has 0 bridgehead atoms. The average Bonchev–Trinajstić information content (AvgIpc) is 3.21. The van der Waals surface area contributed by atoms with Crippen molar-refractivity contribution in [2.45, 2.75) is 49.0 Å². The van der Waals surface area contributed by atoms with E-state index >= 15 is 0 Å². The molecule has 0 spiro atoms. The minimum Gasteiger partial charge on any atom is -0.406 e. The van der Waals surface area contributed by atoms with Crippen LogP contribution < -0.4 is 15.2 Å². The standard InChI is InChI=1S/C18H24F3N3O4S2/c19-18(20,21)28-14-5-7-15(8-6-14)30(26,27)23-13-3-1-12(2-4-13)16(22)17(25)24-9-10-29-11-24/h5-8,12-13,16,23H,1-4,9-11,22H2/t12?,13?,16-/m0/s1. The topological polar surface area (TPSA) is 102 Å². The van der Waals surface area contributed by atoms with Crippen molar-refractivity contribution in [2.24, 2.45) is 11.7 Å². The Bertz CT molecular complexity index is 835. The molecule has 30 heavy (non-hydrogen) atoms. The fourth-order valence-corrected chi connectivity index (χ4v) is 5.96. The van der Waals surface area contributed by atoms with Gasteiger partial charge in [-0.1, -0.05) is 0 Å². The first kappa shape index (κ1) is 23.2. The highest BCUT2D eigenvalue weighted by Crippen LogP contribution is 2.29. The maximum atomic E-state index is 12.5. The zero-order chi connectivity index (χ0) is 21.9. The Balaban J connectivity index is 1.52. The minimum atomic E-state index is -4.84. The number of nitrogens with two attached hydrogens (primary N) is 1. The summed E-state index contributed by atoms with van der Waals surface area (Å²) < 4.78 is 68.1. The molecule has 1 heterocycles. The van der Waals surface area contributed by atoms with Crippen LogP contribution in [-0.4, -0.2) is 55.8 Å². The van der Waals surface area contributed by atoms with Gasteiger partial charge in [-0.05, 0) is 55.9 Å². The maximum absolute atomic E-state index is 12.5. The fourth-order valence-electron chi connectivity index (χ4n) is 3.70. The lowest BCUT2D eigenvalue weighted by Crippen LogP contribution is -2.49. The van der Waals surface area contributed by atoms with E-state index in [4.69, 9.17) is 5.73 Å². The van der Waals surface area contributed by atoms with E-state index in [2.05, 4.69) is 9.46 Å². The highest BCUT2D eigenvalue weighted by atomic mass is 32.2. The summed E-state index contributed by atoms with van der Waals surface area (Å²) in [4.78, 5) is 14.1.